The number of nitrogens with one attached hydrogen (secondary N) is 1. The minimum Gasteiger partial charge on any atom is -0.480 e. The molecule has 0 aliphatic carbocycles. The number of carboxylic acids is 1. The third-order valence-corrected chi connectivity index (χ3v) is 5.36. The van der Waals surface area contributed by atoms with Crippen LogP contribution in [0.3, 0.4) is 0 Å². The molecule has 1 aliphatic heterocycles. The van der Waals surface area contributed by atoms with E-state index in [1.807, 2.05) is 0 Å². The number of carboxylic acid groups (broad SMARTS) is 1. The van der Waals surface area contributed by atoms with Gasteiger partial charge in [-0.05, 0) is 13.3 Å². The molecule has 0 aromatic heterocycles. The molecule has 2 atom stereocenters. The summed E-state index contributed by atoms with van der Waals surface area (Å²) in [4.78, 5) is 24.4. The Morgan fingerprint density at radius 1 is 1.54 bits per heavy atom. The van der Waals surface area contributed by atoms with Gasteiger partial charge in [0.1, 0.15) is 17.7 Å². The Kier molecular flexibility index (Phi) is 7.18. The first-order valence-corrected chi connectivity index (χ1v) is 9.13. The Balaban J connectivity index is 2.95. The van der Waals surface area contributed by atoms with Crippen molar-refractivity contribution in [2.75, 3.05) is 31.8 Å². The standard InChI is InChI=1S/C14H21N3O6S/c1-10(14(19)20)16-13(18)11(7-15)8-17(4-5-23-2)12-3-6-24(21,22)9-12/h8,10,12H,3-6,9H2,1-2H3,(H,16,18)(H,19,20)/b11-8-. The third kappa shape index (κ3) is 5.82. The topological polar surface area (TPSA) is 137 Å². The van der Waals surface area contributed by atoms with Gasteiger partial charge in [-0.3, -0.25) is 9.59 Å². The SMILES string of the molecule is COCCN(/C=C(/C#N)C(=O)NC(C)C(=O)O)C1CCS(=O)(=O)C1. The Bertz CT molecular complexity index is 652. The summed E-state index contributed by atoms with van der Waals surface area (Å²) in [5.41, 5.74) is -0.288. The van der Waals surface area contributed by atoms with E-state index < -0.39 is 27.8 Å². The number of hydrogen-bond donors (Lipinski definition) is 2. The van der Waals surface area contributed by atoms with Crippen LogP contribution in [0.25, 0.3) is 0 Å². The van der Waals surface area contributed by atoms with Crippen LogP contribution in [0.4, 0.5) is 0 Å². The molecule has 0 spiro atoms. The van der Waals surface area contributed by atoms with E-state index in [2.05, 4.69) is 5.32 Å². The lowest BCUT2D eigenvalue weighted by Crippen LogP contribution is -2.40. The molecule has 0 aromatic rings. The molecule has 2 N–H and O–H groups in total. The molecule has 24 heavy (non-hydrogen) atoms. The van der Waals surface area contributed by atoms with Crippen molar-refractivity contribution in [2.45, 2.75) is 25.4 Å². The van der Waals surface area contributed by atoms with E-state index in [9.17, 15) is 18.0 Å². The number of nitrogens with zero attached hydrogens (tertiary/aromatic N) is 2. The molecule has 0 saturated carbocycles. The number of nitriles is 1. The van der Waals surface area contributed by atoms with Crippen LogP contribution in [0, 0.1) is 11.3 Å². The lowest BCUT2D eigenvalue weighted by Gasteiger charge is -2.26. The van der Waals surface area contributed by atoms with Crippen LogP contribution >= 0.6 is 0 Å². The van der Waals surface area contributed by atoms with Gasteiger partial charge in [0, 0.05) is 25.9 Å². The Morgan fingerprint density at radius 2 is 2.21 bits per heavy atom. The molecule has 2 unspecified atom stereocenters. The van der Waals surface area contributed by atoms with Gasteiger partial charge in [0.25, 0.3) is 5.91 Å². The van der Waals surface area contributed by atoms with Crippen LogP contribution < -0.4 is 5.32 Å². The van der Waals surface area contributed by atoms with Crippen LogP contribution in [-0.2, 0) is 24.2 Å². The fourth-order valence-corrected chi connectivity index (χ4v) is 3.97. The molecule has 10 heteroatoms. The summed E-state index contributed by atoms with van der Waals surface area (Å²) in [7, 11) is -1.65. The van der Waals surface area contributed by atoms with E-state index >= 15 is 0 Å². The zero-order valence-electron chi connectivity index (χ0n) is 13.6. The highest BCUT2D eigenvalue weighted by Crippen LogP contribution is 2.19. The summed E-state index contributed by atoms with van der Waals surface area (Å²) in [5, 5.41) is 20.2. The molecule has 0 bridgehead atoms. The molecule has 0 aromatic carbocycles. The second kappa shape index (κ2) is 8.65. The van der Waals surface area contributed by atoms with Crippen LogP contribution in [0.15, 0.2) is 11.8 Å². The molecule has 134 valence electrons. The predicted octanol–water partition coefficient (Wildman–Crippen LogP) is -0.881. The van der Waals surface area contributed by atoms with Crippen molar-refractivity contribution in [1.82, 2.24) is 10.2 Å². The van der Waals surface area contributed by atoms with Gasteiger partial charge in [-0.15, -0.1) is 0 Å². The average Bonchev–Trinajstić information content (AvgIpc) is 2.87. The molecule has 9 nitrogen and oxygen atoms in total. The van der Waals surface area contributed by atoms with Crippen molar-refractivity contribution in [2.24, 2.45) is 0 Å². The van der Waals surface area contributed by atoms with Gasteiger partial charge in [-0.1, -0.05) is 0 Å². The molecule has 1 rings (SSSR count). The number of hydrogen-bond acceptors (Lipinski definition) is 7. The molecule has 0 radical (unpaired) electrons. The van der Waals surface area contributed by atoms with Gasteiger partial charge in [-0.2, -0.15) is 5.26 Å². The Labute approximate surface area is 140 Å². The summed E-state index contributed by atoms with van der Waals surface area (Å²) in [6, 6.07) is 0.228. The van der Waals surface area contributed by atoms with Gasteiger partial charge in [0.05, 0.1) is 18.1 Å². The van der Waals surface area contributed by atoms with Crippen molar-refractivity contribution in [3.05, 3.63) is 11.8 Å². The molecule has 1 amide bonds. The smallest absolute Gasteiger partial charge is 0.325 e. The van der Waals surface area contributed by atoms with Gasteiger partial charge in [0.15, 0.2) is 9.84 Å². The zero-order valence-corrected chi connectivity index (χ0v) is 14.4. The van der Waals surface area contributed by atoms with Crippen molar-refractivity contribution >= 4 is 21.7 Å². The first-order chi connectivity index (χ1) is 11.2. The lowest BCUT2D eigenvalue weighted by atomic mass is 10.2. The van der Waals surface area contributed by atoms with Gasteiger partial charge in [-0.25, -0.2) is 8.42 Å². The molecule has 1 fully saturated rings. The van der Waals surface area contributed by atoms with E-state index in [0.29, 0.717) is 19.6 Å². The van der Waals surface area contributed by atoms with E-state index in [4.69, 9.17) is 15.1 Å². The fraction of sp³-hybridized carbons (Fsp3) is 0.643. The minimum absolute atomic E-state index is 0.0547. The third-order valence-electron chi connectivity index (χ3n) is 3.61. The zero-order chi connectivity index (χ0) is 18.3. The monoisotopic (exact) mass is 359 g/mol. The number of carbonyl (C=O) groups excluding carboxylic acids is 1. The maximum absolute atomic E-state index is 12.0. The van der Waals surface area contributed by atoms with Crippen LogP contribution in [0.1, 0.15) is 13.3 Å². The van der Waals surface area contributed by atoms with Crippen molar-refractivity contribution in [1.29, 1.82) is 5.26 Å². The quantitative estimate of drug-likeness (QED) is 0.421. The minimum atomic E-state index is -3.13. The maximum atomic E-state index is 12.0. The molecule has 1 saturated heterocycles. The number of amides is 1. The molecule has 1 heterocycles. The molecular formula is C14H21N3O6S. The Morgan fingerprint density at radius 3 is 2.67 bits per heavy atom. The summed E-state index contributed by atoms with van der Waals surface area (Å²) < 4.78 is 28.3. The number of methoxy groups -OCH3 is 1. The first-order valence-electron chi connectivity index (χ1n) is 7.31. The largest absolute Gasteiger partial charge is 0.480 e. The highest BCUT2D eigenvalue weighted by Gasteiger charge is 2.31. The van der Waals surface area contributed by atoms with Gasteiger partial charge >= 0.3 is 5.97 Å². The summed E-state index contributed by atoms with van der Waals surface area (Å²) in [6.07, 6.45) is 1.67. The number of carbonyl (C=O) groups is 2. The summed E-state index contributed by atoms with van der Waals surface area (Å²) in [6.45, 7) is 1.88. The molecular weight excluding hydrogens is 338 g/mol. The summed E-state index contributed by atoms with van der Waals surface area (Å²) in [5.74, 6) is -2.05. The summed E-state index contributed by atoms with van der Waals surface area (Å²) >= 11 is 0. The number of sulfone groups is 1. The van der Waals surface area contributed by atoms with Crippen LogP contribution in [0.5, 0.6) is 0 Å². The average molecular weight is 359 g/mol. The number of aliphatic carboxylic acids is 1. The second-order valence-corrected chi connectivity index (χ2v) is 7.70. The van der Waals surface area contributed by atoms with E-state index in [1.54, 1.807) is 11.0 Å². The van der Waals surface area contributed by atoms with Crippen LogP contribution in [-0.4, -0.2) is 74.2 Å². The van der Waals surface area contributed by atoms with Gasteiger partial charge in [0.2, 0.25) is 0 Å². The van der Waals surface area contributed by atoms with E-state index in [1.165, 1.54) is 20.2 Å². The van der Waals surface area contributed by atoms with Crippen LogP contribution in [0.2, 0.25) is 0 Å². The Hall–Kier alpha value is -2.12. The molecule has 1 aliphatic rings. The highest BCUT2D eigenvalue weighted by molar-refractivity contribution is 7.91. The maximum Gasteiger partial charge on any atom is 0.325 e. The predicted molar refractivity (Wildman–Crippen MR) is 84.6 cm³/mol. The first kappa shape index (κ1) is 19.9. The van der Waals surface area contributed by atoms with Gasteiger partial charge < -0.3 is 20.1 Å². The van der Waals surface area contributed by atoms with Crippen molar-refractivity contribution in [3.63, 3.8) is 0 Å². The van der Waals surface area contributed by atoms with E-state index in [-0.39, 0.29) is 23.1 Å². The van der Waals surface area contributed by atoms with Crippen molar-refractivity contribution < 1.29 is 27.9 Å². The fourth-order valence-electron chi connectivity index (χ4n) is 2.23. The number of ether oxygens (including phenoxy) is 1. The normalized spacial score (nSPS) is 20.9. The highest BCUT2D eigenvalue weighted by atomic mass is 32.2. The number of rotatable bonds is 8. The van der Waals surface area contributed by atoms with Crippen molar-refractivity contribution in [3.8, 4) is 6.07 Å². The lowest BCUT2D eigenvalue weighted by molar-refractivity contribution is -0.140. The van der Waals surface area contributed by atoms with E-state index in [0.717, 1.165) is 0 Å². The second-order valence-electron chi connectivity index (χ2n) is 5.48.